The molecule has 2 aromatic heterocycles. The van der Waals surface area contributed by atoms with Gasteiger partial charge in [0, 0.05) is 30.4 Å². The smallest absolute Gasteiger partial charge is 0.320 e. The molecule has 0 fully saturated rings. The van der Waals surface area contributed by atoms with E-state index in [9.17, 15) is 4.79 Å². The SMILES string of the molecule is Nc1nc(NCCc2ccc3ccccc3c2)nc(-c2ccc(CC(N)C(=O)O)nc2)n1. The number of fused-ring (bicyclic) bond motifs is 1. The number of carbonyl (C=O) groups is 1. The van der Waals surface area contributed by atoms with Crippen molar-refractivity contribution in [3.8, 4) is 11.4 Å². The lowest BCUT2D eigenvalue weighted by atomic mass is 10.1. The quantitative estimate of drug-likeness (QED) is 0.330. The molecule has 9 nitrogen and oxygen atoms in total. The Hall–Kier alpha value is -4.11. The summed E-state index contributed by atoms with van der Waals surface area (Å²) in [7, 11) is 0. The fourth-order valence-electron chi connectivity index (χ4n) is 3.30. The number of anilines is 2. The van der Waals surface area contributed by atoms with Crippen molar-refractivity contribution in [3.05, 3.63) is 72.1 Å². The summed E-state index contributed by atoms with van der Waals surface area (Å²) in [4.78, 5) is 27.9. The largest absolute Gasteiger partial charge is 0.480 e. The van der Waals surface area contributed by atoms with Gasteiger partial charge >= 0.3 is 5.97 Å². The molecule has 2 heterocycles. The highest BCUT2D eigenvalue weighted by molar-refractivity contribution is 5.83. The number of carboxylic acids is 1. The Morgan fingerprint density at radius 2 is 1.84 bits per heavy atom. The molecule has 32 heavy (non-hydrogen) atoms. The topological polar surface area (TPSA) is 153 Å². The fraction of sp³-hybridized carbons (Fsp3) is 0.174. The number of nitrogen functional groups attached to an aromatic ring is 1. The summed E-state index contributed by atoms with van der Waals surface area (Å²) in [6.45, 7) is 0.630. The first-order valence-electron chi connectivity index (χ1n) is 10.1. The highest BCUT2D eigenvalue weighted by atomic mass is 16.4. The molecule has 0 amide bonds. The second kappa shape index (κ2) is 9.36. The van der Waals surface area contributed by atoms with Crippen LogP contribution in [0.25, 0.3) is 22.2 Å². The molecular formula is C23H23N7O2. The van der Waals surface area contributed by atoms with Crippen LogP contribution in [0.15, 0.2) is 60.8 Å². The molecule has 0 aliphatic rings. The van der Waals surface area contributed by atoms with Crippen LogP contribution < -0.4 is 16.8 Å². The van der Waals surface area contributed by atoms with Crippen LogP contribution in [0.1, 0.15) is 11.3 Å². The van der Waals surface area contributed by atoms with Gasteiger partial charge in [-0.05, 0) is 34.9 Å². The second-order valence-electron chi connectivity index (χ2n) is 7.39. The molecule has 0 saturated carbocycles. The number of aromatic nitrogens is 4. The normalized spacial score (nSPS) is 11.9. The van der Waals surface area contributed by atoms with Crippen LogP contribution in [0, 0.1) is 0 Å². The Morgan fingerprint density at radius 3 is 2.59 bits per heavy atom. The highest BCUT2D eigenvalue weighted by Gasteiger charge is 2.13. The van der Waals surface area contributed by atoms with E-state index in [-0.39, 0.29) is 12.4 Å². The average Bonchev–Trinajstić information content (AvgIpc) is 2.79. The van der Waals surface area contributed by atoms with Gasteiger partial charge in [-0.25, -0.2) is 0 Å². The number of rotatable bonds is 8. The molecule has 9 heteroatoms. The van der Waals surface area contributed by atoms with E-state index in [1.54, 1.807) is 18.3 Å². The van der Waals surface area contributed by atoms with Crippen molar-refractivity contribution in [2.24, 2.45) is 5.73 Å². The van der Waals surface area contributed by atoms with Crippen molar-refractivity contribution in [2.75, 3.05) is 17.6 Å². The molecule has 0 saturated heterocycles. The minimum atomic E-state index is -1.07. The number of hydrogen-bond donors (Lipinski definition) is 4. The summed E-state index contributed by atoms with van der Waals surface area (Å²) >= 11 is 0. The van der Waals surface area contributed by atoms with Gasteiger partial charge in [0.2, 0.25) is 11.9 Å². The van der Waals surface area contributed by atoms with Crippen molar-refractivity contribution in [2.45, 2.75) is 18.9 Å². The Labute approximate surface area is 184 Å². The first kappa shape index (κ1) is 21.1. The molecular weight excluding hydrogens is 406 g/mol. The Bertz CT molecular complexity index is 1240. The molecule has 1 unspecified atom stereocenters. The van der Waals surface area contributed by atoms with Crippen LogP contribution in [0.5, 0.6) is 0 Å². The molecule has 0 radical (unpaired) electrons. The third-order valence-corrected chi connectivity index (χ3v) is 4.99. The van der Waals surface area contributed by atoms with E-state index in [0.29, 0.717) is 29.6 Å². The number of carboxylic acid groups (broad SMARTS) is 1. The minimum absolute atomic E-state index is 0.0974. The van der Waals surface area contributed by atoms with Gasteiger partial charge < -0.3 is 21.9 Å². The maximum atomic E-state index is 10.9. The maximum absolute atomic E-state index is 10.9. The molecule has 0 bridgehead atoms. The fourth-order valence-corrected chi connectivity index (χ4v) is 3.30. The van der Waals surface area contributed by atoms with E-state index in [0.717, 1.165) is 6.42 Å². The summed E-state index contributed by atoms with van der Waals surface area (Å²) in [5.41, 5.74) is 13.8. The van der Waals surface area contributed by atoms with Gasteiger partial charge in [0.25, 0.3) is 0 Å². The molecule has 4 rings (SSSR count). The zero-order valence-corrected chi connectivity index (χ0v) is 17.3. The van der Waals surface area contributed by atoms with Crippen molar-refractivity contribution < 1.29 is 9.90 Å². The van der Waals surface area contributed by atoms with Crippen molar-refractivity contribution >= 4 is 28.6 Å². The van der Waals surface area contributed by atoms with Gasteiger partial charge in [-0.1, -0.05) is 42.5 Å². The van der Waals surface area contributed by atoms with E-state index < -0.39 is 12.0 Å². The molecule has 0 aliphatic carbocycles. The standard InChI is InChI=1S/C23H23N7O2/c24-19(21(31)32)12-18-8-7-17(13-27-18)20-28-22(25)30-23(29-20)26-10-9-14-5-6-15-3-1-2-4-16(15)11-14/h1-8,11,13,19H,9-10,12,24H2,(H,31,32)(H3,25,26,28,29,30). The van der Waals surface area contributed by atoms with Crippen LogP contribution in [-0.4, -0.2) is 43.6 Å². The first-order valence-corrected chi connectivity index (χ1v) is 10.1. The van der Waals surface area contributed by atoms with Gasteiger partial charge in [0.15, 0.2) is 5.82 Å². The van der Waals surface area contributed by atoms with Crippen LogP contribution in [0.4, 0.5) is 11.9 Å². The number of nitrogens with zero attached hydrogens (tertiary/aromatic N) is 4. The Balaban J connectivity index is 1.42. The summed E-state index contributed by atoms with van der Waals surface area (Å²) in [5, 5.41) is 14.5. The van der Waals surface area contributed by atoms with E-state index >= 15 is 0 Å². The number of pyridine rings is 1. The van der Waals surface area contributed by atoms with Gasteiger partial charge in [-0.2, -0.15) is 15.0 Å². The van der Waals surface area contributed by atoms with Gasteiger partial charge in [-0.15, -0.1) is 0 Å². The van der Waals surface area contributed by atoms with Gasteiger partial charge in [-0.3, -0.25) is 9.78 Å². The number of hydrogen-bond acceptors (Lipinski definition) is 8. The van der Waals surface area contributed by atoms with E-state index in [2.05, 4.69) is 55.6 Å². The summed E-state index contributed by atoms with van der Waals surface area (Å²) in [5.74, 6) is -0.210. The number of nitrogens with two attached hydrogens (primary N) is 2. The number of benzene rings is 2. The van der Waals surface area contributed by atoms with Crippen LogP contribution >= 0.6 is 0 Å². The maximum Gasteiger partial charge on any atom is 0.320 e. The molecule has 4 aromatic rings. The van der Waals surface area contributed by atoms with Crippen LogP contribution in [0.2, 0.25) is 0 Å². The predicted molar refractivity (Wildman–Crippen MR) is 123 cm³/mol. The average molecular weight is 429 g/mol. The zero-order valence-electron chi connectivity index (χ0n) is 17.3. The molecule has 0 aliphatic heterocycles. The Kier molecular flexibility index (Phi) is 6.18. The number of nitrogens with one attached hydrogen (secondary N) is 1. The third-order valence-electron chi connectivity index (χ3n) is 4.99. The minimum Gasteiger partial charge on any atom is -0.480 e. The lowest BCUT2D eigenvalue weighted by Gasteiger charge is -2.09. The predicted octanol–water partition coefficient (Wildman–Crippen LogP) is 2.28. The molecule has 162 valence electrons. The second-order valence-corrected chi connectivity index (χ2v) is 7.39. The van der Waals surface area contributed by atoms with Crippen molar-refractivity contribution in [3.63, 3.8) is 0 Å². The van der Waals surface area contributed by atoms with Crippen molar-refractivity contribution in [1.29, 1.82) is 0 Å². The molecule has 6 N–H and O–H groups in total. The Morgan fingerprint density at radius 1 is 1.03 bits per heavy atom. The monoisotopic (exact) mass is 429 g/mol. The van der Waals surface area contributed by atoms with Crippen molar-refractivity contribution in [1.82, 2.24) is 19.9 Å². The number of aliphatic carboxylic acids is 1. The summed E-state index contributed by atoms with van der Waals surface area (Å²) in [6, 6.07) is 17.1. The lowest BCUT2D eigenvalue weighted by Crippen LogP contribution is -2.32. The van der Waals surface area contributed by atoms with Gasteiger partial charge in [0.05, 0.1) is 0 Å². The molecule has 0 spiro atoms. The first-order chi connectivity index (χ1) is 15.5. The lowest BCUT2D eigenvalue weighted by molar-refractivity contribution is -0.138. The molecule has 2 aromatic carbocycles. The van der Waals surface area contributed by atoms with E-state index in [1.165, 1.54) is 16.3 Å². The summed E-state index contributed by atoms with van der Waals surface area (Å²) in [6.07, 6.45) is 2.50. The van der Waals surface area contributed by atoms with Gasteiger partial charge in [0.1, 0.15) is 6.04 Å². The third kappa shape index (κ3) is 5.13. The van der Waals surface area contributed by atoms with E-state index in [4.69, 9.17) is 16.6 Å². The van der Waals surface area contributed by atoms with E-state index in [1.807, 2.05) is 12.1 Å². The van der Waals surface area contributed by atoms with Crippen LogP contribution in [0.3, 0.4) is 0 Å². The molecule has 1 atom stereocenters. The zero-order chi connectivity index (χ0) is 22.5. The highest BCUT2D eigenvalue weighted by Crippen LogP contribution is 2.18. The summed E-state index contributed by atoms with van der Waals surface area (Å²) < 4.78 is 0. The van der Waals surface area contributed by atoms with Crippen LogP contribution in [-0.2, 0) is 17.6 Å².